The maximum absolute atomic E-state index is 13.4. The summed E-state index contributed by atoms with van der Waals surface area (Å²) < 4.78 is 13.4. The van der Waals surface area contributed by atoms with E-state index in [1.54, 1.807) is 0 Å². The molecule has 0 aliphatic heterocycles. The summed E-state index contributed by atoms with van der Waals surface area (Å²) in [6.45, 7) is -0.0717. The number of nitro benzene ring substituents is 1. The van der Waals surface area contributed by atoms with E-state index in [2.05, 4.69) is 5.32 Å². The number of nitro groups is 1. The number of aliphatic carboxylic acids is 1. The number of carbonyl (C=O) groups is 2. The summed E-state index contributed by atoms with van der Waals surface area (Å²) in [6, 6.07) is 1.97. The fraction of sp³-hybridized carbons (Fsp3) is 0.273. The van der Waals surface area contributed by atoms with Crippen molar-refractivity contribution in [3.05, 3.63) is 34.1 Å². The highest BCUT2D eigenvalue weighted by Gasteiger charge is 2.15. The van der Waals surface area contributed by atoms with Gasteiger partial charge in [0.1, 0.15) is 5.82 Å². The maximum Gasteiger partial charge on any atom is 0.321 e. The first-order valence-corrected chi connectivity index (χ1v) is 5.49. The van der Waals surface area contributed by atoms with Crippen molar-refractivity contribution in [2.45, 2.75) is 6.42 Å². The molecule has 0 saturated carbocycles. The molecule has 2 N–H and O–H groups in total. The minimum absolute atomic E-state index is 0.0717. The molecule has 1 aromatic carbocycles. The quantitative estimate of drug-likeness (QED) is 0.631. The predicted octanol–water partition coefficient (Wildman–Crippen LogP) is 1.67. The summed E-state index contributed by atoms with van der Waals surface area (Å²) in [4.78, 5) is 32.9. The first kappa shape index (κ1) is 15.3. The summed E-state index contributed by atoms with van der Waals surface area (Å²) in [5, 5.41) is 21.2. The zero-order valence-corrected chi connectivity index (χ0v) is 10.5. The molecule has 0 aliphatic carbocycles. The minimum Gasteiger partial charge on any atom is -0.481 e. The number of non-ortho nitro benzene ring substituents is 1. The lowest BCUT2D eigenvalue weighted by molar-refractivity contribution is -0.384. The van der Waals surface area contributed by atoms with Gasteiger partial charge in [0, 0.05) is 25.7 Å². The van der Waals surface area contributed by atoms with Crippen molar-refractivity contribution in [3.63, 3.8) is 0 Å². The highest BCUT2D eigenvalue weighted by molar-refractivity contribution is 5.89. The average molecular weight is 285 g/mol. The van der Waals surface area contributed by atoms with E-state index < -0.39 is 22.7 Å². The van der Waals surface area contributed by atoms with Gasteiger partial charge in [-0.1, -0.05) is 0 Å². The fourth-order valence-electron chi connectivity index (χ4n) is 1.30. The van der Waals surface area contributed by atoms with Crippen molar-refractivity contribution < 1.29 is 24.0 Å². The van der Waals surface area contributed by atoms with Gasteiger partial charge in [-0.05, 0) is 6.07 Å². The number of amides is 2. The van der Waals surface area contributed by atoms with Gasteiger partial charge in [0.25, 0.3) is 5.69 Å². The molecule has 0 heterocycles. The van der Waals surface area contributed by atoms with Crippen LogP contribution in [0.4, 0.5) is 20.6 Å². The summed E-state index contributed by atoms with van der Waals surface area (Å²) >= 11 is 0. The van der Waals surface area contributed by atoms with E-state index in [4.69, 9.17) is 5.11 Å². The van der Waals surface area contributed by atoms with Crippen LogP contribution in [-0.2, 0) is 4.79 Å². The Balaban J connectivity index is 2.77. The van der Waals surface area contributed by atoms with Crippen molar-refractivity contribution in [2.75, 3.05) is 18.9 Å². The van der Waals surface area contributed by atoms with Gasteiger partial charge in [-0.2, -0.15) is 0 Å². The number of urea groups is 1. The molecule has 0 fully saturated rings. The molecule has 0 aliphatic rings. The number of nitrogens with zero attached hydrogens (tertiary/aromatic N) is 2. The molecule has 0 aromatic heterocycles. The Morgan fingerprint density at radius 3 is 2.70 bits per heavy atom. The molecule has 9 heteroatoms. The van der Waals surface area contributed by atoms with Crippen LogP contribution in [0.15, 0.2) is 18.2 Å². The van der Waals surface area contributed by atoms with Gasteiger partial charge in [-0.25, -0.2) is 9.18 Å². The number of halogens is 1. The topological polar surface area (TPSA) is 113 Å². The molecule has 0 atom stereocenters. The molecule has 8 nitrogen and oxygen atoms in total. The molecule has 1 rings (SSSR count). The van der Waals surface area contributed by atoms with Crippen LogP contribution in [-0.4, -0.2) is 40.5 Å². The van der Waals surface area contributed by atoms with E-state index >= 15 is 0 Å². The normalized spacial score (nSPS) is 9.90. The van der Waals surface area contributed by atoms with Crippen molar-refractivity contribution in [1.82, 2.24) is 4.90 Å². The van der Waals surface area contributed by atoms with Gasteiger partial charge in [0.05, 0.1) is 17.0 Å². The third-order valence-corrected chi connectivity index (χ3v) is 2.41. The number of carboxylic acid groups (broad SMARTS) is 1. The number of hydrogen-bond donors (Lipinski definition) is 2. The van der Waals surface area contributed by atoms with E-state index in [0.717, 1.165) is 23.1 Å². The van der Waals surface area contributed by atoms with Gasteiger partial charge in [-0.15, -0.1) is 0 Å². The molecule has 0 unspecified atom stereocenters. The second kappa shape index (κ2) is 6.45. The maximum atomic E-state index is 13.4. The van der Waals surface area contributed by atoms with Gasteiger partial charge in [-0.3, -0.25) is 14.9 Å². The lowest BCUT2D eigenvalue weighted by Crippen LogP contribution is -2.33. The molecule has 20 heavy (non-hydrogen) atoms. The fourth-order valence-corrected chi connectivity index (χ4v) is 1.30. The molecule has 0 bridgehead atoms. The van der Waals surface area contributed by atoms with Gasteiger partial charge in [0.15, 0.2) is 0 Å². The minimum atomic E-state index is -1.08. The largest absolute Gasteiger partial charge is 0.481 e. The third-order valence-electron chi connectivity index (χ3n) is 2.41. The van der Waals surface area contributed by atoms with Crippen LogP contribution in [0.2, 0.25) is 0 Å². The Kier molecular flexibility index (Phi) is 4.95. The van der Waals surface area contributed by atoms with Crippen LogP contribution in [0, 0.1) is 15.9 Å². The smallest absolute Gasteiger partial charge is 0.321 e. The van der Waals surface area contributed by atoms with Crippen molar-refractivity contribution >= 4 is 23.4 Å². The van der Waals surface area contributed by atoms with Crippen molar-refractivity contribution in [2.24, 2.45) is 0 Å². The van der Waals surface area contributed by atoms with Crippen LogP contribution < -0.4 is 5.32 Å². The predicted molar refractivity (Wildman–Crippen MR) is 67.0 cm³/mol. The van der Waals surface area contributed by atoms with E-state index in [1.807, 2.05) is 0 Å². The number of anilines is 1. The molecule has 0 saturated heterocycles. The van der Waals surface area contributed by atoms with Gasteiger partial charge >= 0.3 is 12.0 Å². The van der Waals surface area contributed by atoms with Crippen molar-refractivity contribution in [1.29, 1.82) is 0 Å². The third kappa shape index (κ3) is 4.19. The molecule has 0 spiro atoms. The lowest BCUT2D eigenvalue weighted by Gasteiger charge is -2.17. The van der Waals surface area contributed by atoms with Gasteiger partial charge < -0.3 is 15.3 Å². The van der Waals surface area contributed by atoms with Crippen LogP contribution in [0.25, 0.3) is 0 Å². The molecular formula is C11H12FN3O5. The molecular weight excluding hydrogens is 273 g/mol. The number of hydrogen-bond acceptors (Lipinski definition) is 4. The van der Waals surface area contributed by atoms with Crippen LogP contribution in [0.1, 0.15) is 6.42 Å². The first-order valence-electron chi connectivity index (χ1n) is 5.49. The second-order valence-electron chi connectivity index (χ2n) is 3.92. The average Bonchev–Trinajstić information content (AvgIpc) is 2.37. The Bertz CT molecular complexity index is 549. The molecule has 108 valence electrons. The lowest BCUT2D eigenvalue weighted by atomic mass is 10.2. The molecule has 1 aromatic rings. The Morgan fingerprint density at radius 2 is 2.15 bits per heavy atom. The zero-order chi connectivity index (χ0) is 15.3. The number of carboxylic acids is 1. The number of benzene rings is 1. The number of rotatable bonds is 5. The second-order valence-corrected chi connectivity index (χ2v) is 3.92. The number of nitrogens with one attached hydrogen (secondary N) is 1. The Morgan fingerprint density at radius 1 is 1.50 bits per heavy atom. The molecule has 2 amide bonds. The van der Waals surface area contributed by atoms with E-state index in [0.29, 0.717) is 0 Å². The van der Waals surface area contributed by atoms with Crippen LogP contribution in [0.3, 0.4) is 0 Å². The SMILES string of the molecule is CN(CCC(=O)O)C(=O)Nc1cc([N+](=O)[O-])ccc1F. The van der Waals surface area contributed by atoms with Gasteiger partial charge in [0.2, 0.25) is 0 Å². The van der Waals surface area contributed by atoms with Crippen LogP contribution >= 0.6 is 0 Å². The van der Waals surface area contributed by atoms with Crippen LogP contribution in [0.5, 0.6) is 0 Å². The number of carbonyl (C=O) groups excluding carboxylic acids is 1. The highest BCUT2D eigenvalue weighted by Crippen LogP contribution is 2.21. The Labute approximate surface area is 113 Å². The van der Waals surface area contributed by atoms with E-state index in [9.17, 15) is 24.1 Å². The Hall–Kier alpha value is -2.71. The van der Waals surface area contributed by atoms with Crippen molar-refractivity contribution in [3.8, 4) is 0 Å². The van der Waals surface area contributed by atoms with E-state index in [1.165, 1.54) is 7.05 Å². The molecule has 0 radical (unpaired) electrons. The summed E-state index contributed by atoms with van der Waals surface area (Å²) in [5.41, 5.74) is -0.707. The first-order chi connectivity index (χ1) is 9.31. The van der Waals surface area contributed by atoms with E-state index in [-0.39, 0.29) is 24.3 Å². The standard InChI is InChI=1S/C11H12FN3O5/c1-14(5-4-10(16)17)11(18)13-9-6-7(15(19)20)2-3-8(9)12/h2-3,6H,4-5H2,1H3,(H,13,18)(H,16,17). The zero-order valence-electron chi connectivity index (χ0n) is 10.5. The summed E-state index contributed by atoms with van der Waals surface area (Å²) in [7, 11) is 1.33. The monoisotopic (exact) mass is 285 g/mol. The highest BCUT2D eigenvalue weighted by atomic mass is 19.1. The summed E-state index contributed by atoms with van der Waals surface area (Å²) in [6.07, 6.45) is -0.263. The summed E-state index contributed by atoms with van der Waals surface area (Å²) in [5.74, 6) is -1.90.